The van der Waals surface area contributed by atoms with Crippen LogP contribution in [0.25, 0.3) is 15.9 Å². The number of hydrogen-bond acceptors (Lipinski definition) is 5. The highest BCUT2D eigenvalue weighted by atomic mass is 32.2. The lowest BCUT2D eigenvalue weighted by Crippen LogP contribution is -2.26. The van der Waals surface area contributed by atoms with Gasteiger partial charge in [-0.05, 0) is 18.0 Å². The van der Waals surface area contributed by atoms with Gasteiger partial charge < -0.3 is 9.30 Å². The summed E-state index contributed by atoms with van der Waals surface area (Å²) in [6.45, 7) is 19.3. The van der Waals surface area contributed by atoms with E-state index in [4.69, 9.17) is 11.3 Å². The molecule has 0 bridgehead atoms. The zero-order valence-corrected chi connectivity index (χ0v) is 21.0. The van der Waals surface area contributed by atoms with E-state index in [1.54, 1.807) is 18.1 Å². The number of nitrogens with zero attached hydrogens (tertiary/aromatic N) is 5. The molecule has 1 aromatic carbocycles. The maximum atomic E-state index is 7.82. The molecule has 0 unspecified atom stereocenters. The van der Waals surface area contributed by atoms with Crippen molar-refractivity contribution in [3.8, 4) is 0 Å². The highest BCUT2D eigenvalue weighted by Gasteiger charge is 2.25. The van der Waals surface area contributed by atoms with Gasteiger partial charge in [0.15, 0.2) is 0 Å². The predicted octanol–water partition coefficient (Wildman–Crippen LogP) is 5.44. The second-order valence-electron chi connectivity index (χ2n) is 9.43. The first kappa shape index (κ1) is 23.0. The van der Waals surface area contributed by atoms with Crippen molar-refractivity contribution in [3.05, 3.63) is 59.3 Å². The summed E-state index contributed by atoms with van der Waals surface area (Å²) in [6, 6.07) is 11.7. The van der Waals surface area contributed by atoms with Crippen molar-refractivity contribution in [3.63, 3.8) is 0 Å². The van der Waals surface area contributed by atoms with Gasteiger partial charge in [-0.25, -0.2) is 14.8 Å². The average Bonchev–Trinajstić information content (AvgIpc) is 2.94. The van der Waals surface area contributed by atoms with E-state index < -0.39 is 8.07 Å². The first-order chi connectivity index (χ1) is 15.5. The van der Waals surface area contributed by atoms with Crippen molar-refractivity contribution < 1.29 is 4.74 Å². The zero-order valence-electron chi connectivity index (χ0n) is 19.2. The molecule has 0 fully saturated rings. The van der Waals surface area contributed by atoms with Gasteiger partial charge in [-0.1, -0.05) is 61.7 Å². The Kier molecular flexibility index (Phi) is 7.31. The highest BCUT2D eigenvalue weighted by molar-refractivity contribution is 7.99. The fourth-order valence-corrected chi connectivity index (χ4v) is 5.59. The van der Waals surface area contributed by atoms with Crippen LogP contribution in [0.1, 0.15) is 11.3 Å². The summed E-state index contributed by atoms with van der Waals surface area (Å²) in [6.07, 6.45) is 2.43. The average molecular weight is 466 g/mol. The molecule has 4 rings (SSSR count). The molecular weight excluding hydrogens is 434 g/mol. The lowest BCUT2D eigenvalue weighted by molar-refractivity contribution is 0.198. The summed E-state index contributed by atoms with van der Waals surface area (Å²) in [5.74, 6) is 0.574. The Morgan fingerprint density at radius 2 is 1.94 bits per heavy atom. The Bertz CT molecular complexity index is 1100. The summed E-state index contributed by atoms with van der Waals surface area (Å²) in [4.78, 5) is 15.4. The van der Waals surface area contributed by atoms with E-state index in [-0.39, 0.29) is 0 Å². The summed E-state index contributed by atoms with van der Waals surface area (Å²) in [5.41, 5.74) is 4.88. The Morgan fingerprint density at radius 3 is 2.69 bits per heavy atom. The van der Waals surface area contributed by atoms with Crippen molar-refractivity contribution in [2.45, 2.75) is 50.2 Å². The standard InChI is InChI=1S/C24H31N5OSSi/c1-25-21-20-10-11-28(16-19-8-6-5-7-9-19)12-13-29(20)23-22(21)26-17-27-24(23)31-18-30-14-15-32(2,3)4/h5-9,17H,10-16,18H2,2-4H3. The third kappa shape index (κ3) is 5.41. The van der Waals surface area contributed by atoms with E-state index in [2.05, 4.69) is 74.3 Å². The Hall–Kier alpha value is -2.18. The van der Waals surface area contributed by atoms with Gasteiger partial charge in [-0.3, -0.25) is 4.90 Å². The van der Waals surface area contributed by atoms with Crippen LogP contribution in [0.4, 0.5) is 5.69 Å². The molecule has 8 heteroatoms. The first-order valence-corrected chi connectivity index (χ1v) is 15.9. The van der Waals surface area contributed by atoms with E-state index in [1.807, 2.05) is 0 Å². The minimum Gasteiger partial charge on any atom is -0.371 e. The van der Waals surface area contributed by atoms with Crippen LogP contribution in [0.5, 0.6) is 0 Å². The third-order valence-electron chi connectivity index (χ3n) is 5.82. The quantitative estimate of drug-likeness (QED) is 0.111. The molecule has 3 aromatic rings. The second-order valence-corrected chi connectivity index (χ2v) is 16.0. The van der Waals surface area contributed by atoms with Gasteiger partial charge in [0.25, 0.3) is 0 Å². The monoisotopic (exact) mass is 465 g/mol. The molecule has 2 aromatic heterocycles. The van der Waals surface area contributed by atoms with E-state index >= 15 is 0 Å². The van der Waals surface area contributed by atoms with Gasteiger partial charge in [0.05, 0.1) is 23.5 Å². The molecule has 32 heavy (non-hydrogen) atoms. The molecule has 1 aliphatic heterocycles. The van der Waals surface area contributed by atoms with Crippen LogP contribution < -0.4 is 0 Å². The summed E-state index contributed by atoms with van der Waals surface area (Å²) in [7, 11) is -1.09. The third-order valence-corrected chi connectivity index (χ3v) is 8.38. The maximum Gasteiger partial charge on any atom is 0.233 e. The van der Waals surface area contributed by atoms with Crippen molar-refractivity contribution >= 4 is 36.6 Å². The predicted molar refractivity (Wildman–Crippen MR) is 134 cm³/mol. The van der Waals surface area contributed by atoms with Crippen molar-refractivity contribution in [1.29, 1.82) is 0 Å². The van der Waals surface area contributed by atoms with Crippen LogP contribution in [0.3, 0.4) is 0 Å². The molecule has 0 atom stereocenters. The van der Waals surface area contributed by atoms with Crippen LogP contribution in [-0.4, -0.2) is 53.1 Å². The van der Waals surface area contributed by atoms with Gasteiger partial charge in [0.2, 0.25) is 5.69 Å². The molecule has 0 saturated heterocycles. The van der Waals surface area contributed by atoms with E-state index in [1.165, 1.54) is 5.56 Å². The number of ether oxygens (including phenoxy) is 1. The highest BCUT2D eigenvalue weighted by Crippen LogP contribution is 2.37. The molecule has 6 nitrogen and oxygen atoms in total. The number of thioether (sulfide) groups is 1. The minimum absolute atomic E-state index is 0.574. The molecule has 168 valence electrons. The molecule has 0 saturated carbocycles. The Labute approximate surface area is 195 Å². The van der Waals surface area contributed by atoms with Crippen molar-refractivity contribution in [2.24, 2.45) is 0 Å². The van der Waals surface area contributed by atoms with Gasteiger partial charge in [0.1, 0.15) is 11.4 Å². The van der Waals surface area contributed by atoms with E-state index in [9.17, 15) is 0 Å². The van der Waals surface area contributed by atoms with Gasteiger partial charge in [-0.15, -0.1) is 0 Å². The van der Waals surface area contributed by atoms with Gasteiger partial charge >= 0.3 is 0 Å². The molecule has 0 spiro atoms. The molecule has 0 aliphatic carbocycles. The molecule has 3 heterocycles. The summed E-state index contributed by atoms with van der Waals surface area (Å²) in [5, 5.41) is 0.913. The summed E-state index contributed by atoms with van der Waals surface area (Å²) < 4.78 is 8.20. The van der Waals surface area contributed by atoms with Crippen molar-refractivity contribution in [1.82, 2.24) is 19.4 Å². The fraction of sp³-hybridized carbons (Fsp3) is 0.458. The topological polar surface area (TPSA) is 47.5 Å². The van der Waals surface area contributed by atoms with Crippen molar-refractivity contribution in [2.75, 3.05) is 25.6 Å². The first-order valence-electron chi connectivity index (χ1n) is 11.2. The molecular formula is C24H31N5OSSi. The molecule has 0 amide bonds. The second kappa shape index (κ2) is 10.2. The Balaban J connectivity index is 1.52. The normalized spacial score (nSPS) is 14.8. The molecule has 0 radical (unpaired) electrons. The summed E-state index contributed by atoms with van der Waals surface area (Å²) >= 11 is 1.61. The van der Waals surface area contributed by atoms with Gasteiger partial charge in [0, 0.05) is 46.6 Å². The largest absolute Gasteiger partial charge is 0.371 e. The smallest absolute Gasteiger partial charge is 0.233 e. The van der Waals surface area contributed by atoms with Crippen LogP contribution in [-0.2, 0) is 24.2 Å². The molecule has 0 N–H and O–H groups in total. The number of benzene rings is 1. The van der Waals surface area contributed by atoms with Gasteiger partial charge in [-0.2, -0.15) is 0 Å². The number of fused-ring (bicyclic) bond motifs is 3. The minimum atomic E-state index is -1.09. The SMILES string of the molecule is [C-]#[N+]c1c2n(c3c(SCOCC[Si](C)(C)C)ncnc13)CCN(Cc1ccccc1)CC2. The lowest BCUT2D eigenvalue weighted by Gasteiger charge is -2.20. The maximum absolute atomic E-state index is 7.82. The van der Waals surface area contributed by atoms with Crippen LogP contribution in [0.15, 0.2) is 41.7 Å². The van der Waals surface area contributed by atoms with Crippen LogP contribution in [0.2, 0.25) is 25.7 Å². The number of aromatic nitrogens is 3. The lowest BCUT2D eigenvalue weighted by atomic mass is 10.2. The zero-order chi connectivity index (χ0) is 22.6. The van der Waals surface area contributed by atoms with E-state index in [0.29, 0.717) is 11.6 Å². The van der Waals surface area contributed by atoms with Crippen LogP contribution >= 0.6 is 11.8 Å². The van der Waals surface area contributed by atoms with Crippen LogP contribution in [0, 0.1) is 6.57 Å². The number of hydrogen-bond donors (Lipinski definition) is 0. The van der Waals surface area contributed by atoms with E-state index in [0.717, 1.165) is 67.0 Å². The molecule has 1 aliphatic rings. The number of rotatable bonds is 8. The fourth-order valence-electron chi connectivity index (χ4n) is 4.05. The Morgan fingerprint density at radius 1 is 1.12 bits per heavy atom.